The van der Waals surface area contributed by atoms with Crippen LogP contribution in [-0.4, -0.2) is 74.3 Å². The fraction of sp³-hybridized carbons (Fsp3) is 0.833. The minimum absolute atomic E-state index is 0.384. The molecule has 0 aliphatic rings. The van der Waals surface area contributed by atoms with Gasteiger partial charge in [-0.2, -0.15) is 0 Å². The second kappa shape index (κ2) is 20.9. The Hall–Kier alpha value is -1.40. The van der Waals surface area contributed by atoms with Gasteiger partial charge in [-0.3, -0.25) is 0 Å². The first kappa shape index (κ1) is 33.2. The van der Waals surface area contributed by atoms with Gasteiger partial charge in [0.1, 0.15) is 0 Å². The van der Waals surface area contributed by atoms with Crippen LogP contribution in [0.3, 0.4) is 0 Å². The maximum atomic E-state index is 9.41. The van der Waals surface area contributed by atoms with E-state index >= 15 is 0 Å². The van der Waals surface area contributed by atoms with Gasteiger partial charge in [-0.25, -0.2) is 0 Å². The molecule has 0 spiro atoms. The topological polar surface area (TPSA) is 80.3 Å². The van der Waals surface area contributed by atoms with E-state index in [4.69, 9.17) is 0 Å². The van der Waals surface area contributed by atoms with E-state index in [-0.39, 0.29) is 0 Å². The van der Waals surface area contributed by atoms with Gasteiger partial charge in [0, 0.05) is 0 Å². The molecule has 6 nitrogen and oxygen atoms in total. The van der Waals surface area contributed by atoms with Crippen LogP contribution in [-0.2, 0) is 9.59 Å². The third-order valence-corrected chi connectivity index (χ3v) is 4.94. The van der Waals surface area contributed by atoms with Gasteiger partial charge in [0.25, 0.3) is 0 Å². The Kier molecular flexibility index (Phi) is 23.1. The maximum absolute atomic E-state index is 9.41. The van der Waals surface area contributed by atoms with Crippen molar-refractivity contribution in [3.05, 3.63) is 12.2 Å². The van der Waals surface area contributed by atoms with E-state index in [0.717, 1.165) is 0 Å². The number of carbonyl (C=O) groups excluding carboxylic acids is 2. The molecule has 0 bridgehead atoms. The molecule has 0 rings (SSSR count). The quantitative estimate of drug-likeness (QED) is 0.313. The van der Waals surface area contributed by atoms with Gasteiger partial charge in [-0.1, -0.05) is 41.5 Å². The zero-order chi connectivity index (χ0) is 24.1. The number of nitrogens with zero attached hydrogens (tertiary/aromatic N) is 2. The zero-order valence-electron chi connectivity index (χ0n) is 21.2. The van der Waals surface area contributed by atoms with Crippen molar-refractivity contribution in [1.29, 1.82) is 0 Å². The predicted molar refractivity (Wildman–Crippen MR) is 122 cm³/mol. The highest BCUT2D eigenvalue weighted by Gasteiger charge is 2.17. The van der Waals surface area contributed by atoms with Crippen LogP contribution in [0.2, 0.25) is 0 Å². The molecule has 0 atom stereocenters. The largest absolute Gasteiger partial charge is 0.545 e. The summed E-state index contributed by atoms with van der Waals surface area (Å²) >= 11 is 0. The Balaban J connectivity index is -0.000000370. The molecule has 180 valence electrons. The van der Waals surface area contributed by atoms with Crippen molar-refractivity contribution in [2.75, 3.05) is 53.4 Å². The number of aliphatic carboxylic acids is 2. The van der Waals surface area contributed by atoms with Gasteiger partial charge in [0.05, 0.1) is 65.3 Å². The number of carbonyl (C=O) groups is 2. The highest BCUT2D eigenvalue weighted by atomic mass is 16.4. The summed E-state index contributed by atoms with van der Waals surface area (Å²) in [4.78, 5) is 18.8. The van der Waals surface area contributed by atoms with Crippen molar-refractivity contribution < 1.29 is 28.8 Å². The van der Waals surface area contributed by atoms with E-state index in [0.29, 0.717) is 12.2 Å². The smallest absolute Gasteiger partial charge is 0.0781 e. The Morgan fingerprint density at radius 2 is 0.700 bits per heavy atom. The van der Waals surface area contributed by atoms with E-state index in [2.05, 4.69) is 55.6 Å². The molecule has 0 aromatic heterocycles. The number of hydrogen-bond acceptors (Lipinski definition) is 4. The highest BCUT2D eigenvalue weighted by molar-refractivity contribution is 5.87. The Bertz CT molecular complexity index is 376. The molecule has 0 saturated carbocycles. The predicted octanol–water partition coefficient (Wildman–Crippen LogP) is 2.37. The van der Waals surface area contributed by atoms with E-state index in [1.165, 1.54) is 86.8 Å². The highest BCUT2D eigenvalue weighted by Crippen LogP contribution is 2.07. The fourth-order valence-corrected chi connectivity index (χ4v) is 4.05. The first-order valence-electron chi connectivity index (χ1n) is 11.8. The molecule has 0 heterocycles. The van der Waals surface area contributed by atoms with Crippen LogP contribution in [0.25, 0.3) is 0 Å². The second-order valence-corrected chi connectivity index (χ2v) is 8.55. The molecule has 0 N–H and O–H groups in total. The monoisotopic (exact) mass is 430 g/mol. The Morgan fingerprint density at radius 3 is 0.800 bits per heavy atom. The Labute approximate surface area is 186 Å². The lowest BCUT2D eigenvalue weighted by atomic mass is 10.2. The normalized spacial score (nSPS) is 11.3. The third kappa shape index (κ3) is 22.9. The van der Waals surface area contributed by atoms with E-state index in [1.54, 1.807) is 0 Å². The lowest BCUT2D eigenvalue weighted by Crippen LogP contribution is -2.45. The van der Waals surface area contributed by atoms with Crippen LogP contribution in [0.1, 0.15) is 80.1 Å². The SMILES string of the molecule is CCC[N+](C)(CCC)CCC.CCC[N+](C)(CCC)CCC.O=C([O-])/C=C/C(=O)[O-]. The van der Waals surface area contributed by atoms with Gasteiger partial charge >= 0.3 is 0 Å². The van der Waals surface area contributed by atoms with Crippen LogP contribution < -0.4 is 10.2 Å². The van der Waals surface area contributed by atoms with Crippen molar-refractivity contribution >= 4 is 11.9 Å². The molecular formula is C24H50N2O4. The zero-order valence-corrected chi connectivity index (χ0v) is 21.2. The molecule has 6 heteroatoms. The molecule has 0 aromatic carbocycles. The Morgan fingerprint density at radius 1 is 0.533 bits per heavy atom. The number of carboxylic acid groups (broad SMARTS) is 2. The molecule has 0 aliphatic carbocycles. The summed E-state index contributed by atoms with van der Waals surface area (Å²) in [6, 6.07) is 0. The lowest BCUT2D eigenvalue weighted by molar-refractivity contribution is -0.909. The van der Waals surface area contributed by atoms with Crippen molar-refractivity contribution in [2.45, 2.75) is 80.1 Å². The molecular weight excluding hydrogens is 380 g/mol. The van der Waals surface area contributed by atoms with Crippen molar-refractivity contribution in [3.63, 3.8) is 0 Å². The summed E-state index contributed by atoms with van der Waals surface area (Å²) in [5.41, 5.74) is 0. The van der Waals surface area contributed by atoms with Crippen LogP contribution >= 0.6 is 0 Å². The summed E-state index contributed by atoms with van der Waals surface area (Å²) in [7, 11) is 4.77. The van der Waals surface area contributed by atoms with E-state index < -0.39 is 11.9 Å². The van der Waals surface area contributed by atoms with Gasteiger partial charge in [0.2, 0.25) is 0 Å². The number of carboxylic acids is 2. The summed E-state index contributed by atoms with van der Waals surface area (Å²) < 4.78 is 2.56. The number of rotatable bonds is 14. The number of quaternary nitrogens is 2. The summed E-state index contributed by atoms with van der Waals surface area (Å²) in [6.45, 7) is 21.8. The second-order valence-electron chi connectivity index (χ2n) is 8.55. The average Bonchev–Trinajstić information content (AvgIpc) is 2.62. The van der Waals surface area contributed by atoms with Crippen LogP contribution in [0.15, 0.2) is 12.2 Å². The lowest BCUT2D eigenvalue weighted by Gasteiger charge is -2.33. The van der Waals surface area contributed by atoms with E-state index in [9.17, 15) is 19.8 Å². The van der Waals surface area contributed by atoms with E-state index in [1.807, 2.05) is 0 Å². The minimum Gasteiger partial charge on any atom is -0.545 e. The van der Waals surface area contributed by atoms with Gasteiger partial charge in [-0.05, 0) is 50.7 Å². The molecule has 0 amide bonds. The molecule has 30 heavy (non-hydrogen) atoms. The van der Waals surface area contributed by atoms with Crippen molar-refractivity contribution in [1.82, 2.24) is 0 Å². The number of hydrogen-bond donors (Lipinski definition) is 0. The molecule has 0 radical (unpaired) electrons. The van der Waals surface area contributed by atoms with Gasteiger partial charge in [-0.15, -0.1) is 0 Å². The van der Waals surface area contributed by atoms with Crippen molar-refractivity contribution in [3.8, 4) is 0 Å². The van der Waals surface area contributed by atoms with Gasteiger partial charge < -0.3 is 28.8 Å². The van der Waals surface area contributed by atoms with Crippen LogP contribution in [0.5, 0.6) is 0 Å². The fourth-order valence-electron chi connectivity index (χ4n) is 4.05. The molecule has 0 fully saturated rings. The van der Waals surface area contributed by atoms with Gasteiger partial charge in [0.15, 0.2) is 0 Å². The molecule has 0 aliphatic heterocycles. The van der Waals surface area contributed by atoms with Crippen LogP contribution in [0.4, 0.5) is 0 Å². The average molecular weight is 431 g/mol. The standard InChI is InChI=1S/2C10H24N.C4H4O4/c2*1-5-8-11(4,9-6-2)10-7-3;5-3(6)1-2-4(7)8/h2*5-10H2,1-4H3;1-2H,(H,5,6)(H,7,8)/q2*+1;/p-2/b;;2-1+. The molecule has 0 aromatic rings. The third-order valence-electron chi connectivity index (χ3n) is 4.94. The maximum Gasteiger partial charge on any atom is 0.0781 e. The minimum atomic E-state index is -1.55. The summed E-state index contributed by atoms with van der Waals surface area (Å²) in [6.07, 6.45) is 8.66. The molecule has 0 unspecified atom stereocenters. The summed E-state index contributed by atoms with van der Waals surface area (Å²) in [5.74, 6) is -3.09. The summed E-state index contributed by atoms with van der Waals surface area (Å²) in [5, 5.41) is 18.8. The molecule has 0 saturated heterocycles. The first-order chi connectivity index (χ1) is 14.0. The van der Waals surface area contributed by atoms with Crippen molar-refractivity contribution in [2.24, 2.45) is 0 Å². The first-order valence-corrected chi connectivity index (χ1v) is 11.8. The van der Waals surface area contributed by atoms with Crippen LogP contribution in [0, 0.1) is 0 Å².